The van der Waals surface area contributed by atoms with E-state index in [2.05, 4.69) is 28.3 Å². The summed E-state index contributed by atoms with van der Waals surface area (Å²) >= 11 is 6.03. The van der Waals surface area contributed by atoms with Crippen LogP contribution in [0.5, 0.6) is 5.75 Å². The highest BCUT2D eigenvalue weighted by Crippen LogP contribution is 2.22. The first kappa shape index (κ1) is 15.1. The first-order valence-corrected chi connectivity index (χ1v) is 7.58. The third-order valence-electron chi connectivity index (χ3n) is 3.69. The molecule has 0 amide bonds. The summed E-state index contributed by atoms with van der Waals surface area (Å²) in [6.07, 6.45) is 0. The van der Waals surface area contributed by atoms with Crippen molar-refractivity contribution in [3.05, 3.63) is 24.0 Å². The van der Waals surface area contributed by atoms with Crippen LogP contribution in [-0.4, -0.2) is 41.2 Å². The highest BCUT2D eigenvalue weighted by molar-refractivity contribution is 6.16. The highest BCUT2D eigenvalue weighted by atomic mass is 35.5. The van der Waals surface area contributed by atoms with E-state index < -0.39 is 0 Å². The first-order valence-electron chi connectivity index (χ1n) is 7.04. The van der Waals surface area contributed by atoms with Crippen molar-refractivity contribution in [2.45, 2.75) is 26.3 Å². The van der Waals surface area contributed by atoms with E-state index in [0.29, 0.717) is 5.88 Å². The lowest BCUT2D eigenvalue weighted by Gasteiger charge is -2.19. The summed E-state index contributed by atoms with van der Waals surface area (Å²) in [5.74, 6) is 2.19. The molecular weight excluding hydrogens is 274 g/mol. The SMILES string of the molecule is CCN(CC)CCn1c(CCl)nc2ccc(OC)cc21. The maximum absolute atomic E-state index is 6.03. The molecule has 20 heavy (non-hydrogen) atoms. The maximum Gasteiger partial charge on any atom is 0.124 e. The number of imidazole rings is 1. The smallest absolute Gasteiger partial charge is 0.124 e. The van der Waals surface area contributed by atoms with Gasteiger partial charge in [0.05, 0.1) is 24.0 Å². The van der Waals surface area contributed by atoms with Gasteiger partial charge in [-0.2, -0.15) is 0 Å². The molecule has 110 valence electrons. The normalized spacial score (nSPS) is 11.4. The number of benzene rings is 1. The van der Waals surface area contributed by atoms with Gasteiger partial charge in [-0.15, -0.1) is 11.6 Å². The van der Waals surface area contributed by atoms with Crippen LogP contribution < -0.4 is 4.74 Å². The third-order valence-corrected chi connectivity index (χ3v) is 3.93. The largest absolute Gasteiger partial charge is 0.497 e. The molecule has 0 unspecified atom stereocenters. The fourth-order valence-electron chi connectivity index (χ4n) is 2.41. The first-order chi connectivity index (χ1) is 9.73. The van der Waals surface area contributed by atoms with E-state index in [4.69, 9.17) is 16.3 Å². The van der Waals surface area contributed by atoms with E-state index in [1.54, 1.807) is 7.11 Å². The molecule has 0 atom stereocenters. The Balaban J connectivity index is 2.33. The molecule has 1 heterocycles. The molecule has 1 aromatic heterocycles. The predicted octanol–water partition coefficient (Wildman–Crippen LogP) is 3.13. The Morgan fingerprint density at radius 3 is 2.65 bits per heavy atom. The minimum atomic E-state index is 0.426. The van der Waals surface area contributed by atoms with Gasteiger partial charge >= 0.3 is 0 Å². The Labute approximate surface area is 125 Å². The highest BCUT2D eigenvalue weighted by Gasteiger charge is 2.11. The molecular formula is C15H22ClN3O. The summed E-state index contributed by atoms with van der Waals surface area (Å²) in [5, 5.41) is 0. The van der Waals surface area contributed by atoms with E-state index in [-0.39, 0.29) is 0 Å². The van der Waals surface area contributed by atoms with Crippen molar-refractivity contribution in [1.82, 2.24) is 14.5 Å². The molecule has 1 aromatic carbocycles. The lowest BCUT2D eigenvalue weighted by atomic mass is 10.3. The van der Waals surface area contributed by atoms with Crippen molar-refractivity contribution in [3.63, 3.8) is 0 Å². The van der Waals surface area contributed by atoms with Gasteiger partial charge in [-0.1, -0.05) is 13.8 Å². The summed E-state index contributed by atoms with van der Waals surface area (Å²) in [4.78, 5) is 6.99. The molecule has 0 aliphatic rings. The molecule has 0 N–H and O–H groups in total. The zero-order chi connectivity index (χ0) is 14.5. The number of hydrogen-bond acceptors (Lipinski definition) is 3. The summed E-state index contributed by atoms with van der Waals surface area (Å²) in [6, 6.07) is 5.95. The van der Waals surface area contributed by atoms with E-state index in [1.165, 1.54) is 0 Å². The van der Waals surface area contributed by atoms with Crippen molar-refractivity contribution >= 4 is 22.6 Å². The van der Waals surface area contributed by atoms with E-state index >= 15 is 0 Å². The van der Waals surface area contributed by atoms with E-state index in [0.717, 1.165) is 48.8 Å². The number of aromatic nitrogens is 2. The number of rotatable bonds is 7. The van der Waals surface area contributed by atoms with Crippen LogP contribution in [0.25, 0.3) is 11.0 Å². The number of alkyl halides is 1. The molecule has 0 bridgehead atoms. The molecule has 0 spiro atoms. The lowest BCUT2D eigenvalue weighted by Crippen LogP contribution is -2.27. The second kappa shape index (κ2) is 6.95. The fraction of sp³-hybridized carbons (Fsp3) is 0.533. The van der Waals surface area contributed by atoms with E-state index in [9.17, 15) is 0 Å². The van der Waals surface area contributed by atoms with Gasteiger partial charge in [0.15, 0.2) is 0 Å². The van der Waals surface area contributed by atoms with Gasteiger partial charge < -0.3 is 14.2 Å². The number of halogens is 1. The second-order valence-corrected chi connectivity index (χ2v) is 4.96. The second-order valence-electron chi connectivity index (χ2n) is 4.69. The topological polar surface area (TPSA) is 30.3 Å². The van der Waals surface area contributed by atoms with Gasteiger partial charge in [0.25, 0.3) is 0 Å². The maximum atomic E-state index is 6.03. The van der Waals surface area contributed by atoms with Gasteiger partial charge in [0.2, 0.25) is 0 Å². The average Bonchev–Trinajstić information content (AvgIpc) is 2.85. The third kappa shape index (κ3) is 3.07. The molecule has 0 saturated carbocycles. The van der Waals surface area contributed by atoms with E-state index in [1.807, 2.05) is 18.2 Å². The van der Waals surface area contributed by atoms with Gasteiger partial charge in [0.1, 0.15) is 11.6 Å². The van der Waals surface area contributed by atoms with Crippen molar-refractivity contribution in [3.8, 4) is 5.75 Å². The van der Waals surface area contributed by atoms with Crippen LogP contribution >= 0.6 is 11.6 Å². The molecule has 0 aliphatic heterocycles. The van der Waals surface area contributed by atoms with Crippen LogP contribution in [0.4, 0.5) is 0 Å². The molecule has 2 aromatic rings. The molecule has 4 nitrogen and oxygen atoms in total. The fourth-order valence-corrected chi connectivity index (χ4v) is 2.62. The quantitative estimate of drug-likeness (QED) is 0.735. The number of likely N-dealkylation sites (N-methyl/N-ethyl adjacent to an activating group) is 1. The molecule has 0 aliphatic carbocycles. The Morgan fingerprint density at radius 2 is 2.05 bits per heavy atom. The molecule has 0 saturated heterocycles. The summed E-state index contributed by atoms with van der Waals surface area (Å²) in [6.45, 7) is 8.38. The number of ether oxygens (including phenoxy) is 1. The Hall–Kier alpha value is -1.26. The number of nitrogens with zero attached hydrogens (tertiary/aromatic N) is 3. The van der Waals surface area contributed by atoms with Crippen molar-refractivity contribution in [2.75, 3.05) is 26.7 Å². The summed E-state index contributed by atoms with van der Waals surface area (Å²) in [5.41, 5.74) is 2.06. The molecule has 2 rings (SSSR count). The minimum Gasteiger partial charge on any atom is -0.497 e. The molecule has 0 fully saturated rings. The number of hydrogen-bond donors (Lipinski definition) is 0. The van der Waals surface area contributed by atoms with Gasteiger partial charge in [-0.25, -0.2) is 4.98 Å². The van der Waals surface area contributed by atoms with Crippen LogP contribution in [0.15, 0.2) is 18.2 Å². The van der Waals surface area contributed by atoms with Crippen molar-refractivity contribution in [2.24, 2.45) is 0 Å². The number of fused-ring (bicyclic) bond motifs is 1. The molecule has 0 radical (unpaired) electrons. The van der Waals surface area contributed by atoms with Crippen LogP contribution in [0.1, 0.15) is 19.7 Å². The van der Waals surface area contributed by atoms with Crippen LogP contribution in [0, 0.1) is 0 Å². The van der Waals surface area contributed by atoms with Gasteiger partial charge in [-0.05, 0) is 25.2 Å². The Morgan fingerprint density at radius 1 is 1.30 bits per heavy atom. The average molecular weight is 296 g/mol. The predicted molar refractivity (Wildman–Crippen MR) is 83.6 cm³/mol. The minimum absolute atomic E-state index is 0.426. The Kier molecular flexibility index (Phi) is 5.26. The lowest BCUT2D eigenvalue weighted by molar-refractivity contribution is 0.291. The monoisotopic (exact) mass is 295 g/mol. The van der Waals surface area contributed by atoms with Crippen molar-refractivity contribution in [1.29, 1.82) is 0 Å². The van der Waals surface area contributed by atoms with Gasteiger partial charge in [0, 0.05) is 19.2 Å². The van der Waals surface area contributed by atoms with Gasteiger partial charge in [-0.3, -0.25) is 0 Å². The summed E-state index contributed by atoms with van der Waals surface area (Å²) in [7, 11) is 1.68. The van der Waals surface area contributed by atoms with Crippen LogP contribution in [0.2, 0.25) is 0 Å². The van der Waals surface area contributed by atoms with Crippen LogP contribution in [-0.2, 0) is 12.4 Å². The summed E-state index contributed by atoms with van der Waals surface area (Å²) < 4.78 is 7.50. The standard InChI is InChI=1S/C15H22ClN3O/c1-4-18(5-2)8-9-19-14-10-12(20-3)6-7-13(14)17-15(19)11-16/h6-7,10H,4-5,8-9,11H2,1-3H3. The van der Waals surface area contributed by atoms with Crippen LogP contribution in [0.3, 0.4) is 0 Å². The zero-order valence-electron chi connectivity index (χ0n) is 12.4. The Bertz CT molecular complexity index is 563. The molecule has 5 heteroatoms. The van der Waals surface area contributed by atoms with Crippen molar-refractivity contribution < 1.29 is 4.74 Å². The number of methoxy groups -OCH3 is 1. The zero-order valence-corrected chi connectivity index (χ0v) is 13.2.